The molecule has 108 valence electrons. The van der Waals surface area contributed by atoms with Crippen LogP contribution in [0, 0.1) is 6.92 Å². The number of hydrogen-bond acceptors (Lipinski definition) is 3. The highest BCUT2D eigenvalue weighted by Gasteiger charge is 2.14. The number of rotatable bonds is 7. The van der Waals surface area contributed by atoms with Gasteiger partial charge in [-0.1, -0.05) is 35.0 Å². The van der Waals surface area contributed by atoms with Gasteiger partial charge in [0, 0.05) is 34.4 Å². The van der Waals surface area contributed by atoms with E-state index in [4.69, 9.17) is 0 Å². The Kier molecular flexibility index (Phi) is 6.20. The summed E-state index contributed by atoms with van der Waals surface area (Å²) in [6.45, 7) is 6.33. The molecule has 20 heavy (non-hydrogen) atoms. The van der Waals surface area contributed by atoms with E-state index in [1.807, 2.05) is 0 Å². The van der Waals surface area contributed by atoms with E-state index >= 15 is 0 Å². The summed E-state index contributed by atoms with van der Waals surface area (Å²) in [5.74, 6) is 0.476. The van der Waals surface area contributed by atoms with Gasteiger partial charge in [0.25, 0.3) is 0 Å². The quantitative estimate of drug-likeness (QED) is 0.739. The minimum atomic E-state index is 0.476. The average Bonchev–Trinajstić information content (AvgIpc) is 2.83. The number of halogens is 1. The van der Waals surface area contributed by atoms with Gasteiger partial charge >= 0.3 is 0 Å². The van der Waals surface area contributed by atoms with E-state index in [1.54, 1.807) is 11.3 Å². The Morgan fingerprint density at radius 3 is 2.90 bits per heavy atom. The first kappa shape index (κ1) is 15.7. The molecule has 2 rings (SSSR count). The Bertz CT molecular complexity index is 539. The van der Waals surface area contributed by atoms with Crippen molar-refractivity contribution in [2.75, 3.05) is 13.1 Å². The van der Waals surface area contributed by atoms with E-state index in [9.17, 15) is 0 Å². The zero-order chi connectivity index (χ0) is 14.4. The van der Waals surface area contributed by atoms with Crippen molar-refractivity contribution >= 4 is 27.3 Å². The lowest BCUT2D eigenvalue weighted by atomic mass is 9.96. The van der Waals surface area contributed by atoms with Crippen molar-refractivity contribution < 1.29 is 0 Å². The molecule has 0 bridgehead atoms. The molecule has 0 aliphatic heterocycles. The Morgan fingerprint density at radius 1 is 1.40 bits per heavy atom. The predicted octanol–water partition coefficient (Wildman–Crippen LogP) is 4.54. The van der Waals surface area contributed by atoms with Crippen LogP contribution in [0.2, 0.25) is 0 Å². The van der Waals surface area contributed by atoms with Gasteiger partial charge in [-0.2, -0.15) is 0 Å². The fraction of sp³-hybridized carbons (Fsp3) is 0.438. The van der Waals surface area contributed by atoms with Gasteiger partial charge in [0.1, 0.15) is 0 Å². The number of hydrogen-bond donors (Lipinski definition) is 1. The smallest absolute Gasteiger partial charge is 0.0934 e. The molecule has 0 aliphatic rings. The Labute approximate surface area is 133 Å². The summed E-state index contributed by atoms with van der Waals surface area (Å²) < 4.78 is 1.14. The number of thiazole rings is 1. The number of benzene rings is 1. The van der Waals surface area contributed by atoms with Gasteiger partial charge in [0.15, 0.2) is 0 Å². The summed E-state index contributed by atoms with van der Waals surface area (Å²) in [6.07, 6.45) is 2.17. The van der Waals surface area contributed by atoms with Crippen molar-refractivity contribution in [3.8, 4) is 0 Å². The van der Waals surface area contributed by atoms with Crippen molar-refractivity contribution in [3.63, 3.8) is 0 Å². The summed E-state index contributed by atoms with van der Waals surface area (Å²) in [5.41, 5.74) is 2.50. The van der Waals surface area contributed by atoms with E-state index in [0.717, 1.165) is 29.7 Å². The summed E-state index contributed by atoms with van der Waals surface area (Å²) >= 11 is 5.33. The van der Waals surface area contributed by atoms with E-state index in [-0.39, 0.29) is 0 Å². The molecule has 1 N–H and O–H groups in total. The molecule has 1 atom stereocenters. The van der Waals surface area contributed by atoms with Gasteiger partial charge < -0.3 is 5.32 Å². The minimum absolute atomic E-state index is 0.476. The minimum Gasteiger partial charge on any atom is -0.316 e. The van der Waals surface area contributed by atoms with Crippen LogP contribution in [-0.4, -0.2) is 18.1 Å². The highest BCUT2D eigenvalue weighted by molar-refractivity contribution is 9.10. The average molecular weight is 353 g/mol. The van der Waals surface area contributed by atoms with Gasteiger partial charge in [0.2, 0.25) is 0 Å². The normalized spacial score (nSPS) is 12.6. The second kappa shape index (κ2) is 7.91. The van der Waals surface area contributed by atoms with Gasteiger partial charge in [-0.25, -0.2) is 4.98 Å². The van der Waals surface area contributed by atoms with Crippen LogP contribution in [0.3, 0.4) is 0 Å². The number of nitrogens with one attached hydrogen (secondary N) is 1. The van der Waals surface area contributed by atoms with E-state index in [1.165, 1.54) is 17.0 Å². The molecule has 0 amide bonds. The third kappa shape index (κ3) is 4.69. The second-order valence-corrected chi connectivity index (χ2v) is 6.90. The zero-order valence-corrected chi connectivity index (χ0v) is 14.4. The molecule has 0 saturated carbocycles. The third-order valence-electron chi connectivity index (χ3n) is 3.23. The number of nitrogens with zero attached hydrogens (tertiary/aromatic N) is 1. The van der Waals surface area contributed by atoms with Gasteiger partial charge in [-0.3, -0.25) is 0 Å². The van der Waals surface area contributed by atoms with Crippen LogP contribution >= 0.6 is 27.3 Å². The molecule has 1 aromatic carbocycles. The fourth-order valence-corrected chi connectivity index (χ4v) is 3.50. The molecule has 0 fully saturated rings. The van der Waals surface area contributed by atoms with Crippen molar-refractivity contribution in [2.24, 2.45) is 0 Å². The first-order valence-corrected chi connectivity index (χ1v) is 8.73. The highest BCUT2D eigenvalue weighted by atomic mass is 79.9. The maximum atomic E-state index is 4.61. The molecular weight excluding hydrogens is 332 g/mol. The van der Waals surface area contributed by atoms with Gasteiger partial charge in [-0.05, 0) is 37.6 Å². The van der Waals surface area contributed by atoms with E-state index < -0.39 is 0 Å². The molecule has 0 radical (unpaired) electrons. The first-order chi connectivity index (χ1) is 9.69. The maximum Gasteiger partial charge on any atom is 0.0934 e. The lowest BCUT2D eigenvalue weighted by Crippen LogP contribution is -2.23. The Hall–Kier alpha value is -0.710. The lowest BCUT2D eigenvalue weighted by molar-refractivity contribution is 0.575. The van der Waals surface area contributed by atoms with Crippen molar-refractivity contribution in [1.82, 2.24) is 10.3 Å². The van der Waals surface area contributed by atoms with Gasteiger partial charge in [0.05, 0.1) is 5.01 Å². The summed E-state index contributed by atoms with van der Waals surface area (Å²) in [7, 11) is 0. The van der Waals surface area contributed by atoms with Crippen LogP contribution < -0.4 is 5.32 Å². The zero-order valence-electron chi connectivity index (χ0n) is 12.0. The van der Waals surface area contributed by atoms with Crippen LogP contribution in [0.1, 0.15) is 35.5 Å². The van der Waals surface area contributed by atoms with Crippen molar-refractivity contribution in [1.29, 1.82) is 0 Å². The van der Waals surface area contributed by atoms with Crippen LogP contribution in [0.15, 0.2) is 34.1 Å². The molecule has 1 aromatic heterocycles. The van der Waals surface area contributed by atoms with Crippen LogP contribution in [0.4, 0.5) is 0 Å². The van der Waals surface area contributed by atoms with Crippen LogP contribution in [0.5, 0.6) is 0 Å². The SMILES string of the molecule is CCCNCC(Cc1nc(C)cs1)c1cccc(Br)c1. The van der Waals surface area contributed by atoms with E-state index in [0.29, 0.717) is 5.92 Å². The van der Waals surface area contributed by atoms with Gasteiger partial charge in [-0.15, -0.1) is 11.3 Å². The summed E-state index contributed by atoms with van der Waals surface area (Å²) in [5, 5.41) is 6.90. The molecule has 0 spiro atoms. The predicted molar refractivity (Wildman–Crippen MR) is 90.6 cm³/mol. The van der Waals surface area contributed by atoms with Crippen molar-refractivity contribution in [3.05, 3.63) is 50.4 Å². The largest absolute Gasteiger partial charge is 0.316 e. The van der Waals surface area contributed by atoms with E-state index in [2.05, 4.69) is 69.7 Å². The van der Waals surface area contributed by atoms with Crippen LogP contribution in [0.25, 0.3) is 0 Å². The Balaban J connectivity index is 2.11. The number of aromatic nitrogens is 1. The third-order valence-corrected chi connectivity index (χ3v) is 4.71. The molecule has 1 unspecified atom stereocenters. The molecule has 2 aromatic rings. The molecule has 2 nitrogen and oxygen atoms in total. The molecule has 1 heterocycles. The van der Waals surface area contributed by atoms with Crippen molar-refractivity contribution in [2.45, 2.75) is 32.6 Å². The standard InChI is InChI=1S/C16H21BrN2S/c1-3-7-18-10-14(9-16-19-12(2)11-20-16)13-5-4-6-15(17)8-13/h4-6,8,11,14,18H,3,7,9-10H2,1-2H3. The number of aryl methyl sites for hydroxylation is 1. The Morgan fingerprint density at radius 2 is 2.25 bits per heavy atom. The second-order valence-electron chi connectivity index (χ2n) is 5.04. The molecule has 4 heteroatoms. The first-order valence-electron chi connectivity index (χ1n) is 7.06. The summed E-state index contributed by atoms with van der Waals surface area (Å²) in [4.78, 5) is 4.61. The topological polar surface area (TPSA) is 24.9 Å². The monoisotopic (exact) mass is 352 g/mol. The maximum absolute atomic E-state index is 4.61. The lowest BCUT2D eigenvalue weighted by Gasteiger charge is -2.17. The molecule has 0 saturated heterocycles. The fourth-order valence-electron chi connectivity index (χ4n) is 2.23. The molecule has 0 aliphatic carbocycles. The summed E-state index contributed by atoms with van der Waals surface area (Å²) in [6, 6.07) is 8.62. The van der Waals surface area contributed by atoms with Crippen LogP contribution in [-0.2, 0) is 6.42 Å². The molecular formula is C16H21BrN2S. The highest BCUT2D eigenvalue weighted by Crippen LogP contribution is 2.24.